The van der Waals surface area contributed by atoms with Gasteiger partial charge in [-0.05, 0) is 37.1 Å². The minimum Gasteiger partial charge on any atom is -0.365 e. The number of hydrogen-bond acceptors (Lipinski definition) is 3. The summed E-state index contributed by atoms with van der Waals surface area (Å²) < 4.78 is 27.6. The number of aromatic nitrogens is 3. The van der Waals surface area contributed by atoms with Gasteiger partial charge in [0.2, 0.25) is 0 Å². The molecule has 118 valence electrons. The molecule has 2 aromatic heterocycles. The second kappa shape index (κ2) is 5.42. The van der Waals surface area contributed by atoms with Crippen molar-refractivity contribution in [3.05, 3.63) is 52.8 Å². The summed E-state index contributed by atoms with van der Waals surface area (Å²) in [5, 5.41) is 3.80. The van der Waals surface area contributed by atoms with Crippen molar-refractivity contribution < 1.29 is 13.6 Å². The van der Waals surface area contributed by atoms with Crippen LogP contribution in [0.25, 0.3) is 16.9 Å². The molecule has 1 aromatic carbocycles. The highest BCUT2D eigenvalue weighted by Crippen LogP contribution is 2.27. The smallest absolute Gasteiger partial charge is 0.280 e. The van der Waals surface area contributed by atoms with Crippen molar-refractivity contribution in [2.45, 2.75) is 20.3 Å². The lowest BCUT2D eigenvalue weighted by Gasteiger charge is -2.09. The van der Waals surface area contributed by atoms with Crippen LogP contribution < -0.4 is 5.73 Å². The first kappa shape index (κ1) is 15.1. The first-order valence-electron chi connectivity index (χ1n) is 6.92. The standard InChI is InChI=1S/C16H14F2N4O/c1-8-3-4-10(5-9(8)2)12-6-13(14(17)18)22-16(21-12)11(7-20-22)15(19)23/h3-7,14H,1-2H3,(H2,19,23). The van der Waals surface area contributed by atoms with Gasteiger partial charge in [0, 0.05) is 5.56 Å². The summed E-state index contributed by atoms with van der Waals surface area (Å²) in [5.74, 6) is -0.759. The average Bonchev–Trinajstić information content (AvgIpc) is 2.92. The number of rotatable bonds is 3. The number of aryl methyl sites for hydroxylation is 2. The number of alkyl halides is 2. The predicted molar refractivity (Wildman–Crippen MR) is 81.4 cm³/mol. The van der Waals surface area contributed by atoms with Gasteiger partial charge in [-0.1, -0.05) is 12.1 Å². The zero-order valence-electron chi connectivity index (χ0n) is 12.5. The Morgan fingerprint density at radius 3 is 2.57 bits per heavy atom. The van der Waals surface area contributed by atoms with Crippen LogP contribution in [0.3, 0.4) is 0 Å². The Kier molecular flexibility index (Phi) is 3.55. The number of primary amides is 1. The van der Waals surface area contributed by atoms with E-state index in [9.17, 15) is 13.6 Å². The highest BCUT2D eigenvalue weighted by Gasteiger charge is 2.20. The van der Waals surface area contributed by atoms with Gasteiger partial charge in [-0.25, -0.2) is 18.3 Å². The highest BCUT2D eigenvalue weighted by molar-refractivity contribution is 5.98. The molecule has 0 fully saturated rings. The molecular weight excluding hydrogens is 302 g/mol. The van der Waals surface area contributed by atoms with Crippen LogP contribution in [0.15, 0.2) is 30.5 Å². The molecule has 0 saturated heterocycles. The molecule has 3 rings (SSSR count). The van der Waals surface area contributed by atoms with Gasteiger partial charge in [0.15, 0.2) is 5.65 Å². The summed E-state index contributed by atoms with van der Waals surface area (Å²) in [6.07, 6.45) is -1.60. The number of amides is 1. The molecule has 0 radical (unpaired) electrons. The largest absolute Gasteiger partial charge is 0.365 e. The van der Waals surface area contributed by atoms with Gasteiger partial charge in [0.25, 0.3) is 12.3 Å². The van der Waals surface area contributed by atoms with Crippen molar-refractivity contribution in [2.24, 2.45) is 5.73 Å². The fraction of sp³-hybridized carbons (Fsp3) is 0.188. The van der Waals surface area contributed by atoms with Gasteiger partial charge in [-0.2, -0.15) is 5.10 Å². The van der Waals surface area contributed by atoms with Crippen molar-refractivity contribution in [3.63, 3.8) is 0 Å². The van der Waals surface area contributed by atoms with Gasteiger partial charge in [0.1, 0.15) is 11.3 Å². The number of nitrogens with two attached hydrogens (primary N) is 1. The zero-order valence-corrected chi connectivity index (χ0v) is 12.5. The van der Waals surface area contributed by atoms with E-state index >= 15 is 0 Å². The van der Waals surface area contributed by atoms with Gasteiger partial charge in [0.05, 0.1) is 11.9 Å². The quantitative estimate of drug-likeness (QED) is 0.807. The maximum Gasteiger partial charge on any atom is 0.280 e. The molecule has 1 amide bonds. The summed E-state index contributed by atoms with van der Waals surface area (Å²) in [6, 6.07) is 6.84. The van der Waals surface area contributed by atoms with E-state index in [2.05, 4.69) is 10.1 Å². The fourth-order valence-electron chi connectivity index (χ4n) is 2.36. The lowest BCUT2D eigenvalue weighted by molar-refractivity contribution is 0.100. The van der Waals surface area contributed by atoms with Gasteiger partial charge >= 0.3 is 0 Å². The predicted octanol–water partition coefficient (Wildman–Crippen LogP) is 3.05. The van der Waals surface area contributed by atoms with Crippen LogP contribution in [-0.4, -0.2) is 20.5 Å². The third kappa shape index (κ3) is 2.54. The lowest BCUT2D eigenvalue weighted by atomic mass is 10.0. The van der Waals surface area contributed by atoms with Crippen LogP contribution in [0.1, 0.15) is 33.6 Å². The first-order chi connectivity index (χ1) is 10.9. The number of carbonyl (C=O) groups is 1. The van der Waals surface area contributed by atoms with Crippen molar-refractivity contribution in [3.8, 4) is 11.3 Å². The fourth-order valence-corrected chi connectivity index (χ4v) is 2.36. The number of hydrogen-bond donors (Lipinski definition) is 1. The van der Waals surface area contributed by atoms with Crippen LogP contribution in [0.2, 0.25) is 0 Å². The minimum atomic E-state index is -2.76. The Labute approximate surface area is 130 Å². The minimum absolute atomic E-state index is 0.0117. The zero-order chi connectivity index (χ0) is 16.7. The summed E-state index contributed by atoms with van der Waals surface area (Å²) >= 11 is 0. The van der Waals surface area contributed by atoms with Crippen molar-refractivity contribution in [1.82, 2.24) is 14.6 Å². The molecule has 0 aliphatic rings. The third-order valence-electron chi connectivity index (χ3n) is 3.79. The van der Waals surface area contributed by atoms with Gasteiger partial charge in [-0.3, -0.25) is 4.79 Å². The highest BCUT2D eigenvalue weighted by atomic mass is 19.3. The van der Waals surface area contributed by atoms with E-state index in [1.54, 1.807) is 6.07 Å². The number of halogens is 2. The maximum atomic E-state index is 13.3. The second-order valence-electron chi connectivity index (χ2n) is 5.32. The molecular formula is C16H14F2N4O. The molecule has 0 bridgehead atoms. The molecule has 23 heavy (non-hydrogen) atoms. The molecule has 7 heteroatoms. The molecule has 0 atom stereocenters. The first-order valence-corrected chi connectivity index (χ1v) is 6.92. The second-order valence-corrected chi connectivity index (χ2v) is 5.32. The number of carbonyl (C=O) groups excluding carboxylic acids is 1. The van der Waals surface area contributed by atoms with Crippen molar-refractivity contribution in [2.75, 3.05) is 0 Å². The van der Waals surface area contributed by atoms with Crippen molar-refractivity contribution in [1.29, 1.82) is 0 Å². The molecule has 5 nitrogen and oxygen atoms in total. The van der Waals surface area contributed by atoms with Crippen LogP contribution in [0.4, 0.5) is 8.78 Å². The lowest BCUT2D eigenvalue weighted by Crippen LogP contribution is -2.11. The average molecular weight is 316 g/mol. The van der Waals surface area contributed by atoms with E-state index in [-0.39, 0.29) is 16.9 Å². The Morgan fingerprint density at radius 2 is 1.96 bits per heavy atom. The van der Waals surface area contributed by atoms with Crippen LogP contribution in [0.5, 0.6) is 0 Å². The molecule has 3 aromatic rings. The molecule has 2 heterocycles. The Hall–Kier alpha value is -2.83. The summed E-state index contributed by atoms with van der Waals surface area (Å²) in [7, 11) is 0. The molecule has 0 aliphatic carbocycles. The monoisotopic (exact) mass is 316 g/mol. The number of fused-ring (bicyclic) bond motifs is 1. The van der Waals surface area contributed by atoms with E-state index in [0.717, 1.165) is 21.8 Å². The van der Waals surface area contributed by atoms with E-state index in [0.29, 0.717) is 11.3 Å². The third-order valence-corrected chi connectivity index (χ3v) is 3.79. The molecule has 0 aliphatic heterocycles. The van der Waals surface area contributed by atoms with Gasteiger partial charge in [-0.15, -0.1) is 0 Å². The summed E-state index contributed by atoms with van der Waals surface area (Å²) in [5.41, 5.74) is 8.11. The Balaban J connectivity index is 2.30. The number of benzene rings is 1. The van der Waals surface area contributed by atoms with Crippen LogP contribution in [0, 0.1) is 13.8 Å². The van der Waals surface area contributed by atoms with Crippen molar-refractivity contribution >= 4 is 11.6 Å². The van der Waals surface area contributed by atoms with E-state index in [1.165, 1.54) is 6.07 Å². The van der Waals surface area contributed by atoms with Crippen LogP contribution >= 0.6 is 0 Å². The summed E-state index contributed by atoms with van der Waals surface area (Å²) in [6.45, 7) is 3.89. The maximum absolute atomic E-state index is 13.3. The molecule has 0 saturated carbocycles. The van der Waals surface area contributed by atoms with E-state index in [1.807, 2.05) is 26.0 Å². The summed E-state index contributed by atoms with van der Waals surface area (Å²) in [4.78, 5) is 15.8. The molecule has 0 unspecified atom stereocenters. The van der Waals surface area contributed by atoms with Crippen LogP contribution in [-0.2, 0) is 0 Å². The Morgan fingerprint density at radius 1 is 1.22 bits per heavy atom. The SMILES string of the molecule is Cc1ccc(-c2cc(C(F)F)n3ncc(C(N)=O)c3n2)cc1C. The number of nitrogens with zero attached hydrogens (tertiary/aromatic N) is 3. The van der Waals surface area contributed by atoms with E-state index < -0.39 is 12.3 Å². The molecule has 2 N–H and O–H groups in total. The van der Waals surface area contributed by atoms with Gasteiger partial charge < -0.3 is 5.73 Å². The topological polar surface area (TPSA) is 73.3 Å². The Bertz CT molecular complexity index is 918. The molecule has 0 spiro atoms. The normalized spacial score (nSPS) is 11.3. The van der Waals surface area contributed by atoms with E-state index in [4.69, 9.17) is 5.73 Å².